The molecular weight excluding hydrogens is 206 g/mol. The Morgan fingerprint density at radius 1 is 1.44 bits per heavy atom. The minimum absolute atomic E-state index is 0.107. The van der Waals surface area contributed by atoms with Crippen LogP contribution in [0.5, 0.6) is 0 Å². The zero-order chi connectivity index (χ0) is 11.8. The lowest BCUT2D eigenvalue weighted by Gasteiger charge is -2.21. The van der Waals surface area contributed by atoms with Gasteiger partial charge in [-0.15, -0.1) is 0 Å². The Morgan fingerprint density at radius 2 is 2.12 bits per heavy atom. The fraction of sp³-hybridized carbons (Fsp3) is 0.750. The van der Waals surface area contributed by atoms with Crippen LogP contribution in [-0.2, 0) is 14.3 Å². The van der Waals surface area contributed by atoms with Gasteiger partial charge in [0.2, 0.25) is 0 Å². The Hall–Kier alpha value is -1.05. The second-order valence-corrected chi connectivity index (χ2v) is 4.02. The van der Waals surface area contributed by atoms with Gasteiger partial charge in [-0.05, 0) is 12.8 Å². The van der Waals surface area contributed by atoms with Crippen molar-refractivity contribution >= 4 is 5.97 Å². The summed E-state index contributed by atoms with van der Waals surface area (Å²) in [6.07, 6.45) is 0.508. The predicted molar refractivity (Wildman–Crippen MR) is 60.0 cm³/mol. The molecule has 1 N–H and O–H groups in total. The van der Waals surface area contributed by atoms with Crippen molar-refractivity contribution < 1.29 is 19.2 Å². The number of ether oxygens (including phenoxy) is 2. The molecule has 1 rings (SSSR count). The first-order chi connectivity index (χ1) is 7.68. The number of nitrogens with one attached hydrogen (secondary N) is 1. The normalized spacial score (nSPS) is 18.4. The molecular formula is C12H20NO3+. The van der Waals surface area contributed by atoms with Crippen LogP contribution in [0.2, 0.25) is 0 Å². The quantitative estimate of drug-likeness (QED) is 0.508. The highest BCUT2D eigenvalue weighted by atomic mass is 16.5. The number of hydrogen-bond donors (Lipinski definition) is 1. The zero-order valence-electron chi connectivity index (χ0n) is 10.0. The summed E-state index contributed by atoms with van der Waals surface area (Å²) in [6, 6.07) is 0. The molecule has 0 radical (unpaired) electrons. The summed E-state index contributed by atoms with van der Waals surface area (Å²) in [5, 5.41) is 0. The summed E-state index contributed by atoms with van der Waals surface area (Å²) in [4.78, 5) is 12.1. The van der Waals surface area contributed by atoms with Crippen LogP contribution < -0.4 is 4.90 Å². The Kier molecular flexibility index (Phi) is 5.91. The third-order valence-corrected chi connectivity index (χ3v) is 2.42. The summed E-state index contributed by atoms with van der Waals surface area (Å²) in [5.74, 6) is 5.93. The number of carbonyl (C=O) groups is 1. The molecule has 0 saturated carbocycles. The number of morpholine rings is 1. The average molecular weight is 226 g/mol. The topological polar surface area (TPSA) is 40.0 Å². The van der Waals surface area contributed by atoms with E-state index in [9.17, 15) is 4.79 Å². The fourth-order valence-corrected chi connectivity index (χ4v) is 1.57. The van der Waals surface area contributed by atoms with Gasteiger partial charge >= 0.3 is 5.97 Å². The van der Waals surface area contributed by atoms with Gasteiger partial charge in [0, 0.05) is 13.3 Å². The average Bonchev–Trinajstić information content (AvgIpc) is 2.25. The lowest BCUT2D eigenvalue weighted by molar-refractivity contribution is -0.900. The highest BCUT2D eigenvalue weighted by Gasteiger charge is 2.11. The minimum Gasteiger partial charge on any atom is -0.462 e. The summed E-state index contributed by atoms with van der Waals surface area (Å²) < 4.78 is 10.2. The molecule has 1 aliphatic rings. The van der Waals surface area contributed by atoms with Crippen LogP contribution in [0.25, 0.3) is 0 Å². The molecule has 4 heteroatoms. The van der Waals surface area contributed by atoms with Gasteiger partial charge in [-0.1, -0.05) is 5.92 Å². The van der Waals surface area contributed by atoms with E-state index in [2.05, 4.69) is 11.8 Å². The van der Waals surface area contributed by atoms with E-state index in [1.165, 1.54) is 11.8 Å². The van der Waals surface area contributed by atoms with E-state index >= 15 is 0 Å². The first-order valence-electron chi connectivity index (χ1n) is 5.72. The first-order valence-corrected chi connectivity index (χ1v) is 5.72. The van der Waals surface area contributed by atoms with E-state index in [0.717, 1.165) is 32.8 Å². The molecule has 1 atom stereocenters. The maximum absolute atomic E-state index is 10.6. The maximum atomic E-state index is 10.6. The van der Waals surface area contributed by atoms with Crippen molar-refractivity contribution in [3.05, 3.63) is 0 Å². The van der Waals surface area contributed by atoms with Gasteiger partial charge < -0.3 is 14.4 Å². The third-order valence-electron chi connectivity index (χ3n) is 2.42. The van der Waals surface area contributed by atoms with E-state index in [1.54, 1.807) is 0 Å². The molecule has 90 valence electrons. The van der Waals surface area contributed by atoms with Gasteiger partial charge in [-0.3, -0.25) is 4.79 Å². The Bertz CT molecular complexity index is 274. The fourth-order valence-electron chi connectivity index (χ4n) is 1.57. The third kappa shape index (κ3) is 5.74. The molecule has 16 heavy (non-hydrogen) atoms. The lowest BCUT2D eigenvalue weighted by atomic mass is 10.3. The molecule has 0 aromatic carbocycles. The van der Waals surface area contributed by atoms with Crippen LogP contribution in [0.4, 0.5) is 0 Å². The van der Waals surface area contributed by atoms with Gasteiger partial charge in [0.25, 0.3) is 0 Å². The Morgan fingerprint density at radius 3 is 2.75 bits per heavy atom. The second-order valence-electron chi connectivity index (χ2n) is 4.02. The van der Waals surface area contributed by atoms with Crippen molar-refractivity contribution in [2.45, 2.75) is 26.4 Å². The van der Waals surface area contributed by atoms with Crippen molar-refractivity contribution in [3.63, 3.8) is 0 Å². The maximum Gasteiger partial charge on any atom is 0.302 e. The van der Waals surface area contributed by atoms with Crippen molar-refractivity contribution in [3.8, 4) is 11.8 Å². The standard InChI is InChI=1S/C12H19NO3/c1-11(16-12(2)14)5-3-4-6-13-7-9-15-10-8-13/h11H,5-10H2,1-2H3/p+1/t11-/m0/s1. The molecule has 1 saturated heterocycles. The van der Waals surface area contributed by atoms with Gasteiger partial charge in [0.15, 0.2) is 0 Å². The highest BCUT2D eigenvalue weighted by Crippen LogP contribution is 1.95. The molecule has 0 aliphatic carbocycles. The monoisotopic (exact) mass is 226 g/mol. The van der Waals surface area contributed by atoms with E-state index < -0.39 is 0 Å². The number of rotatable bonds is 3. The summed E-state index contributed by atoms with van der Waals surface area (Å²) >= 11 is 0. The number of esters is 1. The van der Waals surface area contributed by atoms with Crippen molar-refractivity contribution in [2.75, 3.05) is 32.8 Å². The van der Waals surface area contributed by atoms with Gasteiger partial charge in [0.05, 0.1) is 13.2 Å². The smallest absolute Gasteiger partial charge is 0.302 e. The van der Waals surface area contributed by atoms with Gasteiger partial charge in [0.1, 0.15) is 25.7 Å². The van der Waals surface area contributed by atoms with Crippen molar-refractivity contribution in [2.24, 2.45) is 0 Å². The van der Waals surface area contributed by atoms with Gasteiger partial charge in [-0.25, -0.2) is 0 Å². The van der Waals surface area contributed by atoms with Crippen LogP contribution >= 0.6 is 0 Å². The zero-order valence-corrected chi connectivity index (χ0v) is 10.0. The van der Waals surface area contributed by atoms with Crippen molar-refractivity contribution in [1.29, 1.82) is 0 Å². The Labute approximate surface area is 96.9 Å². The number of carbonyl (C=O) groups excluding carboxylic acids is 1. The molecule has 1 heterocycles. The predicted octanol–water partition coefficient (Wildman–Crippen LogP) is -0.753. The SMILES string of the molecule is CC(=O)O[C@@H](C)CC#CC[NH+]1CCOCC1. The van der Waals surface area contributed by atoms with E-state index in [1.807, 2.05) is 6.92 Å². The first kappa shape index (κ1) is 13.0. The summed E-state index contributed by atoms with van der Waals surface area (Å²) in [6.45, 7) is 7.87. The van der Waals surface area contributed by atoms with Crippen LogP contribution in [-0.4, -0.2) is 44.9 Å². The Balaban J connectivity index is 2.14. The summed E-state index contributed by atoms with van der Waals surface area (Å²) in [7, 11) is 0. The van der Waals surface area contributed by atoms with Crippen LogP contribution in [0, 0.1) is 11.8 Å². The largest absolute Gasteiger partial charge is 0.462 e. The molecule has 0 bridgehead atoms. The van der Waals surface area contributed by atoms with Crippen LogP contribution in [0.3, 0.4) is 0 Å². The minimum atomic E-state index is -0.242. The molecule has 0 spiro atoms. The molecule has 0 amide bonds. The molecule has 1 fully saturated rings. The second kappa shape index (κ2) is 7.26. The van der Waals surface area contributed by atoms with Crippen LogP contribution in [0.15, 0.2) is 0 Å². The lowest BCUT2D eigenvalue weighted by Crippen LogP contribution is -3.14. The van der Waals surface area contributed by atoms with Gasteiger partial charge in [-0.2, -0.15) is 0 Å². The van der Waals surface area contributed by atoms with Crippen LogP contribution in [0.1, 0.15) is 20.3 Å². The number of hydrogen-bond acceptors (Lipinski definition) is 3. The molecule has 0 aromatic rings. The van der Waals surface area contributed by atoms with Crippen molar-refractivity contribution in [1.82, 2.24) is 0 Å². The van der Waals surface area contributed by atoms with E-state index in [-0.39, 0.29) is 12.1 Å². The molecule has 0 aromatic heterocycles. The molecule has 0 unspecified atom stereocenters. The van der Waals surface area contributed by atoms with E-state index in [0.29, 0.717) is 6.42 Å². The van der Waals surface area contributed by atoms with E-state index in [4.69, 9.17) is 9.47 Å². The summed E-state index contributed by atoms with van der Waals surface area (Å²) in [5.41, 5.74) is 0. The number of quaternary nitrogens is 1. The molecule has 1 aliphatic heterocycles. The molecule has 4 nitrogen and oxygen atoms in total. The highest BCUT2D eigenvalue weighted by molar-refractivity contribution is 5.66.